The summed E-state index contributed by atoms with van der Waals surface area (Å²) in [6.07, 6.45) is 2.38. The topological polar surface area (TPSA) is 29.5 Å². The number of methoxy groups -OCH3 is 1. The Balaban J connectivity index is 1.93. The second-order valence-corrected chi connectivity index (χ2v) is 5.06. The molecule has 0 aromatic heterocycles. The molecular weight excluding hydrogens is 250 g/mol. The van der Waals surface area contributed by atoms with E-state index in [1.807, 2.05) is 0 Å². The zero-order valence-electron chi connectivity index (χ0n) is 10.6. The van der Waals surface area contributed by atoms with Gasteiger partial charge in [0.2, 0.25) is 0 Å². The van der Waals surface area contributed by atoms with E-state index in [4.69, 9.17) is 16.3 Å². The number of ketones is 1. The van der Waals surface area contributed by atoms with E-state index >= 15 is 0 Å². The molecule has 1 aliphatic carbocycles. The monoisotopic (exact) mass is 267 g/mol. The number of rotatable bonds is 7. The second kappa shape index (κ2) is 6.32. The van der Waals surface area contributed by atoms with Crippen molar-refractivity contribution in [3.8, 4) is 0 Å². The predicted octanol–water partition coefficient (Wildman–Crippen LogP) is 2.63. The van der Waals surface area contributed by atoms with Gasteiger partial charge in [0, 0.05) is 30.3 Å². The Bertz CT molecular complexity index is 401. The highest BCUT2D eigenvalue weighted by atomic mass is 35.5. The zero-order chi connectivity index (χ0) is 13.0. The summed E-state index contributed by atoms with van der Waals surface area (Å²) in [5.41, 5.74) is 0.725. The Morgan fingerprint density at radius 3 is 2.61 bits per heavy atom. The number of hydrogen-bond donors (Lipinski definition) is 0. The smallest absolute Gasteiger partial charge is 0.176 e. The first-order chi connectivity index (χ1) is 8.70. The minimum atomic E-state index is 0.148. The fourth-order valence-corrected chi connectivity index (χ4v) is 2.08. The number of nitrogens with zero attached hydrogens (tertiary/aromatic N) is 1. The van der Waals surface area contributed by atoms with Crippen LogP contribution in [0.15, 0.2) is 24.3 Å². The largest absolute Gasteiger partial charge is 0.383 e. The van der Waals surface area contributed by atoms with E-state index in [0.717, 1.165) is 12.1 Å². The summed E-state index contributed by atoms with van der Waals surface area (Å²) in [5.74, 6) is 0.148. The van der Waals surface area contributed by atoms with Crippen LogP contribution in [0.5, 0.6) is 0 Å². The van der Waals surface area contributed by atoms with Crippen LogP contribution < -0.4 is 0 Å². The number of halogens is 1. The Morgan fingerprint density at radius 1 is 1.39 bits per heavy atom. The molecule has 0 atom stereocenters. The van der Waals surface area contributed by atoms with Crippen LogP contribution in [0.1, 0.15) is 23.2 Å². The van der Waals surface area contributed by atoms with E-state index in [-0.39, 0.29) is 5.78 Å². The summed E-state index contributed by atoms with van der Waals surface area (Å²) in [7, 11) is 1.69. The van der Waals surface area contributed by atoms with E-state index in [1.54, 1.807) is 31.4 Å². The molecule has 18 heavy (non-hydrogen) atoms. The van der Waals surface area contributed by atoms with Crippen LogP contribution in [-0.2, 0) is 4.74 Å². The number of ether oxygens (including phenoxy) is 1. The molecule has 1 fully saturated rings. The Hall–Kier alpha value is -0.900. The van der Waals surface area contributed by atoms with Gasteiger partial charge in [-0.1, -0.05) is 11.6 Å². The SMILES string of the molecule is COCCN(CC(=O)c1ccc(Cl)cc1)C1CC1. The lowest BCUT2D eigenvalue weighted by molar-refractivity contribution is 0.0886. The summed E-state index contributed by atoms with van der Waals surface area (Å²) in [4.78, 5) is 14.3. The van der Waals surface area contributed by atoms with Crippen LogP contribution in [-0.4, -0.2) is 43.5 Å². The molecule has 0 N–H and O–H groups in total. The molecule has 3 nitrogen and oxygen atoms in total. The van der Waals surface area contributed by atoms with Crippen LogP contribution in [0.25, 0.3) is 0 Å². The first-order valence-electron chi connectivity index (χ1n) is 6.22. The van der Waals surface area contributed by atoms with Gasteiger partial charge in [-0.05, 0) is 37.1 Å². The van der Waals surface area contributed by atoms with Crippen molar-refractivity contribution in [3.63, 3.8) is 0 Å². The molecule has 1 aromatic carbocycles. The van der Waals surface area contributed by atoms with Crippen LogP contribution in [0.2, 0.25) is 5.02 Å². The van der Waals surface area contributed by atoms with Crippen LogP contribution in [0, 0.1) is 0 Å². The molecule has 1 aliphatic rings. The minimum absolute atomic E-state index is 0.148. The van der Waals surface area contributed by atoms with Crippen molar-refractivity contribution in [3.05, 3.63) is 34.9 Å². The molecule has 0 unspecified atom stereocenters. The lowest BCUT2D eigenvalue weighted by atomic mass is 10.1. The van der Waals surface area contributed by atoms with Gasteiger partial charge in [0.25, 0.3) is 0 Å². The van der Waals surface area contributed by atoms with Crippen LogP contribution in [0.3, 0.4) is 0 Å². The zero-order valence-corrected chi connectivity index (χ0v) is 11.3. The number of benzene rings is 1. The highest BCUT2D eigenvalue weighted by Crippen LogP contribution is 2.26. The van der Waals surface area contributed by atoms with Crippen molar-refractivity contribution in [2.24, 2.45) is 0 Å². The molecule has 2 rings (SSSR count). The van der Waals surface area contributed by atoms with Gasteiger partial charge < -0.3 is 4.74 Å². The van der Waals surface area contributed by atoms with Gasteiger partial charge in [0.1, 0.15) is 0 Å². The second-order valence-electron chi connectivity index (χ2n) is 4.62. The summed E-state index contributed by atoms with van der Waals surface area (Å²) in [6, 6.07) is 7.64. The molecule has 0 saturated heterocycles. The molecule has 0 aliphatic heterocycles. The Kier molecular flexibility index (Phi) is 4.75. The predicted molar refractivity (Wildman–Crippen MR) is 72.3 cm³/mol. The van der Waals surface area contributed by atoms with Crippen molar-refractivity contribution >= 4 is 17.4 Å². The van der Waals surface area contributed by atoms with Gasteiger partial charge in [-0.2, -0.15) is 0 Å². The summed E-state index contributed by atoms with van der Waals surface area (Å²) < 4.78 is 5.08. The quantitative estimate of drug-likeness (QED) is 0.712. The van der Waals surface area contributed by atoms with Crippen molar-refractivity contribution in [1.82, 2.24) is 4.90 Å². The van der Waals surface area contributed by atoms with E-state index in [2.05, 4.69) is 4.90 Å². The lowest BCUT2D eigenvalue weighted by Crippen LogP contribution is -2.34. The number of Topliss-reactive ketones (excluding diaryl/α,β-unsaturated/α-hetero) is 1. The summed E-state index contributed by atoms with van der Waals surface area (Å²) in [5, 5.41) is 0.657. The Morgan fingerprint density at radius 2 is 2.06 bits per heavy atom. The van der Waals surface area contributed by atoms with Crippen molar-refractivity contribution in [1.29, 1.82) is 0 Å². The van der Waals surface area contributed by atoms with Crippen LogP contribution in [0.4, 0.5) is 0 Å². The highest BCUT2D eigenvalue weighted by molar-refractivity contribution is 6.30. The molecular formula is C14H18ClNO2. The average Bonchev–Trinajstić information content (AvgIpc) is 3.19. The fourth-order valence-electron chi connectivity index (χ4n) is 1.95. The molecule has 0 bridgehead atoms. The highest BCUT2D eigenvalue weighted by Gasteiger charge is 2.29. The van der Waals surface area contributed by atoms with Gasteiger partial charge in [-0.3, -0.25) is 9.69 Å². The normalized spacial score (nSPS) is 15.1. The van der Waals surface area contributed by atoms with Gasteiger partial charge >= 0.3 is 0 Å². The number of carbonyl (C=O) groups excluding carboxylic acids is 1. The third-order valence-electron chi connectivity index (χ3n) is 3.16. The first-order valence-corrected chi connectivity index (χ1v) is 6.60. The maximum atomic E-state index is 12.1. The average molecular weight is 268 g/mol. The van der Waals surface area contributed by atoms with E-state index in [9.17, 15) is 4.79 Å². The van der Waals surface area contributed by atoms with E-state index < -0.39 is 0 Å². The molecule has 0 amide bonds. The first kappa shape index (κ1) is 13.5. The molecule has 1 aromatic rings. The van der Waals surface area contributed by atoms with Gasteiger partial charge in [-0.15, -0.1) is 0 Å². The minimum Gasteiger partial charge on any atom is -0.383 e. The van der Waals surface area contributed by atoms with E-state index in [0.29, 0.717) is 24.2 Å². The summed E-state index contributed by atoms with van der Waals surface area (Å²) >= 11 is 5.81. The maximum Gasteiger partial charge on any atom is 0.176 e. The van der Waals surface area contributed by atoms with Gasteiger partial charge in [0.05, 0.1) is 13.2 Å². The molecule has 4 heteroatoms. The van der Waals surface area contributed by atoms with Gasteiger partial charge in [0.15, 0.2) is 5.78 Å². The third-order valence-corrected chi connectivity index (χ3v) is 3.41. The van der Waals surface area contributed by atoms with E-state index in [1.165, 1.54) is 12.8 Å². The molecule has 0 radical (unpaired) electrons. The Labute approximate surface area is 113 Å². The van der Waals surface area contributed by atoms with Gasteiger partial charge in [-0.25, -0.2) is 0 Å². The standard InChI is InChI=1S/C14H18ClNO2/c1-18-9-8-16(13-6-7-13)10-14(17)11-2-4-12(15)5-3-11/h2-5,13H,6-10H2,1H3. The third kappa shape index (κ3) is 3.80. The maximum absolute atomic E-state index is 12.1. The van der Waals surface area contributed by atoms with Crippen molar-refractivity contribution in [2.75, 3.05) is 26.8 Å². The van der Waals surface area contributed by atoms with Crippen molar-refractivity contribution < 1.29 is 9.53 Å². The fraction of sp³-hybridized carbons (Fsp3) is 0.500. The molecule has 0 spiro atoms. The molecule has 98 valence electrons. The summed E-state index contributed by atoms with van der Waals surface area (Å²) in [6.45, 7) is 1.96. The molecule has 0 heterocycles. The van der Waals surface area contributed by atoms with Crippen LogP contribution >= 0.6 is 11.6 Å². The lowest BCUT2D eigenvalue weighted by Gasteiger charge is -2.20. The number of hydrogen-bond acceptors (Lipinski definition) is 3. The number of carbonyl (C=O) groups is 1. The molecule has 1 saturated carbocycles. The van der Waals surface area contributed by atoms with Crippen molar-refractivity contribution in [2.45, 2.75) is 18.9 Å².